The SMILES string of the molecule is Cc1sc(C23CCC(CNC(=O)c4cc(F)c(O)c(F)c4F)(CC2)CC3)nc1-c1ccnc(N2CCN(CCCc3ccc4c(c3)n(C)c(=O)n4[C@@H]3CCC(=O)NC3=O)CC2)n1. The third-order valence-electron chi connectivity index (χ3n) is 13.8. The van der Waals surface area contributed by atoms with Gasteiger partial charge in [0.25, 0.3) is 5.91 Å². The van der Waals surface area contributed by atoms with Crippen LogP contribution in [0.3, 0.4) is 0 Å². The van der Waals surface area contributed by atoms with Crippen LogP contribution in [-0.2, 0) is 28.5 Å². The molecule has 0 unspecified atom stereocenters. The smallest absolute Gasteiger partial charge is 0.329 e. The number of piperidine rings is 1. The molecule has 3 amide bonds. The molecule has 14 nitrogen and oxygen atoms in total. The number of anilines is 1. The monoisotopic (exact) mass is 871 g/mol. The summed E-state index contributed by atoms with van der Waals surface area (Å²) in [5, 5.41) is 15.5. The molecule has 0 radical (unpaired) electrons. The minimum atomic E-state index is -1.78. The number of hydrogen-bond acceptors (Lipinski definition) is 11. The largest absolute Gasteiger partial charge is 0.503 e. The van der Waals surface area contributed by atoms with Crippen molar-refractivity contribution in [3.05, 3.63) is 85.5 Å². The van der Waals surface area contributed by atoms with Gasteiger partial charge in [0.2, 0.25) is 23.6 Å². The number of benzene rings is 2. The normalized spacial score (nSPS) is 23.0. The number of imide groups is 1. The molecule has 62 heavy (non-hydrogen) atoms. The lowest BCUT2D eigenvalue weighted by atomic mass is 9.54. The number of thiazole rings is 1. The number of imidazole rings is 1. The van der Waals surface area contributed by atoms with Crippen LogP contribution in [0.15, 0.2) is 41.3 Å². The van der Waals surface area contributed by atoms with Crippen molar-refractivity contribution in [3.63, 3.8) is 0 Å². The van der Waals surface area contributed by atoms with Gasteiger partial charge in [-0.05, 0) is 106 Å². The topological polar surface area (TPSA) is 168 Å². The molecular weight excluding hydrogens is 824 g/mol. The molecule has 2 aromatic carbocycles. The quantitative estimate of drug-likeness (QED) is 0.115. The number of carbonyl (C=O) groups is 3. The average molecular weight is 872 g/mol. The molecule has 0 spiro atoms. The maximum Gasteiger partial charge on any atom is 0.329 e. The summed E-state index contributed by atoms with van der Waals surface area (Å²) in [6.07, 6.45) is 9.19. The van der Waals surface area contributed by atoms with E-state index in [4.69, 9.17) is 9.97 Å². The minimum Gasteiger partial charge on any atom is -0.503 e. The van der Waals surface area contributed by atoms with Crippen LogP contribution in [0.2, 0.25) is 0 Å². The number of fused-ring (bicyclic) bond motifs is 4. The van der Waals surface area contributed by atoms with E-state index in [0.717, 1.165) is 116 Å². The van der Waals surface area contributed by atoms with Crippen molar-refractivity contribution in [1.29, 1.82) is 0 Å². The van der Waals surface area contributed by atoms with Gasteiger partial charge in [-0.25, -0.2) is 28.5 Å². The first-order valence-corrected chi connectivity index (χ1v) is 22.0. The summed E-state index contributed by atoms with van der Waals surface area (Å²) in [5.74, 6) is -7.18. The fourth-order valence-electron chi connectivity index (χ4n) is 9.93. The van der Waals surface area contributed by atoms with Crippen LogP contribution in [0.5, 0.6) is 5.75 Å². The van der Waals surface area contributed by atoms with Gasteiger partial charge in [-0.1, -0.05) is 6.07 Å². The lowest BCUT2D eigenvalue weighted by Gasteiger charge is -2.52. The Morgan fingerprint density at radius 3 is 2.44 bits per heavy atom. The first kappa shape index (κ1) is 41.7. The summed E-state index contributed by atoms with van der Waals surface area (Å²) < 4.78 is 45.2. The van der Waals surface area contributed by atoms with E-state index in [1.165, 1.54) is 4.57 Å². The zero-order valence-electron chi connectivity index (χ0n) is 34.6. The van der Waals surface area contributed by atoms with Gasteiger partial charge in [0, 0.05) is 62.7 Å². The summed E-state index contributed by atoms with van der Waals surface area (Å²) in [6.45, 7) is 6.57. The number of aromatic nitrogens is 5. The Kier molecular flexibility index (Phi) is 10.9. The molecule has 5 fully saturated rings. The number of halogens is 3. The molecule has 18 heteroatoms. The highest BCUT2D eigenvalue weighted by Gasteiger charge is 2.51. The number of nitrogens with zero attached hydrogens (tertiary/aromatic N) is 7. The molecule has 326 valence electrons. The summed E-state index contributed by atoms with van der Waals surface area (Å²) in [6, 6.07) is 7.67. The molecule has 2 aliphatic heterocycles. The maximum atomic E-state index is 14.3. The lowest BCUT2D eigenvalue weighted by molar-refractivity contribution is -0.135. The van der Waals surface area contributed by atoms with Gasteiger partial charge in [0.05, 0.1) is 27.3 Å². The zero-order chi connectivity index (χ0) is 43.5. The molecule has 3 aliphatic carbocycles. The summed E-state index contributed by atoms with van der Waals surface area (Å²) in [7, 11) is 1.71. The van der Waals surface area contributed by atoms with Gasteiger partial charge in [-0.2, -0.15) is 4.39 Å². The Balaban J connectivity index is 0.777. The second-order valence-corrected chi connectivity index (χ2v) is 18.6. The number of amides is 3. The number of hydrogen-bond donors (Lipinski definition) is 3. The average Bonchev–Trinajstić information content (AvgIpc) is 3.80. The van der Waals surface area contributed by atoms with E-state index in [1.807, 2.05) is 24.3 Å². The standard InChI is InChI=1S/C44H48F3N9O5S/c1-25-36(52-40(62-25)44-13-10-43(11-14-44,12-15-44)24-49-38(59)27-23-28(45)37(58)35(47)34(27)46)29-9-16-48-41(50-29)55-20-18-54(19-21-55)17-3-4-26-5-6-30-32(22-26)53(2)42(61)56(30)31-7-8-33(57)51-39(31)60/h5-6,9,16,22-23,31,58H,3-4,7-8,10-15,17-21,24H2,1-2H3,(H,49,59)(H,51,57,60)/t31-,43?,44?/m1/s1. The lowest BCUT2D eigenvalue weighted by Crippen LogP contribution is -2.49. The van der Waals surface area contributed by atoms with Crippen molar-refractivity contribution in [2.45, 2.75) is 82.6 Å². The Bertz CT molecular complexity index is 2650. The number of nitrogens with one attached hydrogen (secondary N) is 2. The van der Waals surface area contributed by atoms with Gasteiger partial charge in [0.15, 0.2) is 17.4 Å². The molecule has 3 saturated carbocycles. The van der Waals surface area contributed by atoms with Crippen molar-refractivity contribution in [2.24, 2.45) is 12.5 Å². The number of phenolic OH excluding ortho intramolecular Hbond substituents is 1. The highest BCUT2D eigenvalue weighted by Crippen LogP contribution is 2.58. The molecule has 3 N–H and O–H groups in total. The number of carbonyl (C=O) groups excluding carboxylic acids is 3. The Labute approximate surface area is 359 Å². The predicted molar refractivity (Wildman–Crippen MR) is 226 cm³/mol. The molecule has 3 aromatic heterocycles. The van der Waals surface area contributed by atoms with Gasteiger partial charge in [-0.3, -0.25) is 33.7 Å². The van der Waals surface area contributed by atoms with Crippen LogP contribution in [0.1, 0.15) is 89.6 Å². The van der Waals surface area contributed by atoms with Gasteiger partial charge in [-0.15, -0.1) is 11.3 Å². The molecule has 2 saturated heterocycles. The minimum absolute atomic E-state index is 0.0875. The van der Waals surface area contributed by atoms with Gasteiger partial charge < -0.3 is 15.3 Å². The maximum absolute atomic E-state index is 14.3. The van der Waals surface area contributed by atoms with Crippen LogP contribution in [0, 0.1) is 29.8 Å². The fraction of sp³-hybridized carbons (Fsp3) is 0.477. The second kappa shape index (κ2) is 16.3. The molecule has 5 heterocycles. The van der Waals surface area contributed by atoms with E-state index in [-0.39, 0.29) is 35.4 Å². The first-order valence-electron chi connectivity index (χ1n) is 21.2. The highest BCUT2D eigenvalue weighted by molar-refractivity contribution is 7.12. The van der Waals surface area contributed by atoms with Crippen molar-refractivity contribution < 1.29 is 32.7 Å². The number of rotatable bonds is 11. The third-order valence-corrected chi connectivity index (χ3v) is 15.0. The summed E-state index contributed by atoms with van der Waals surface area (Å²) >= 11 is 1.70. The van der Waals surface area contributed by atoms with E-state index in [2.05, 4.69) is 32.3 Å². The van der Waals surface area contributed by atoms with E-state index in [9.17, 15) is 37.5 Å². The van der Waals surface area contributed by atoms with E-state index < -0.39 is 46.6 Å². The van der Waals surface area contributed by atoms with Crippen molar-refractivity contribution in [3.8, 4) is 17.1 Å². The Hall–Kier alpha value is -5.62. The molecule has 5 aliphatic rings. The van der Waals surface area contributed by atoms with Crippen molar-refractivity contribution in [2.75, 3.05) is 44.2 Å². The molecule has 5 aromatic rings. The zero-order valence-corrected chi connectivity index (χ0v) is 35.4. The molecule has 10 rings (SSSR count). The van der Waals surface area contributed by atoms with Crippen LogP contribution in [-0.4, -0.2) is 91.1 Å². The van der Waals surface area contributed by atoms with Gasteiger partial charge >= 0.3 is 5.69 Å². The third kappa shape index (κ3) is 7.54. The Morgan fingerprint density at radius 1 is 0.968 bits per heavy atom. The number of piperazine rings is 1. The van der Waals surface area contributed by atoms with Gasteiger partial charge in [0.1, 0.15) is 11.7 Å². The molecular formula is C44H48F3N9O5S. The highest BCUT2D eigenvalue weighted by atomic mass is 32.1. The van der Waals surface area contributed by atoms with Crippen LogP contribution >= 0.6 is 11.3 Å². The van der Waals surface area contributed by atoms with E-state index in [1.54, 1.807) is 29.1 Å². The predicted octanol–water partition coefficient (Wildman–Crippen LogP) is 5.44. The number of aryl methyl sites for hydroxylation is 3. The number of aromatic hydroxyl groups is 1. The van der Waals surface area contributed by atoms with Crippen LogP contribution < -0.4 is 21.2 Å². The molecule has 2 bridgehead atoms. The fourth-order valence-corrected chi connectivity index (χ4v) is 11.1. The van der Waals surface area contributed by atoms with Crippen molar-refractivity contribution in [1.82, 2.24) is 39.6 Å². The van der Waals surface area contributed by atoms with E-state index >= 15 is 0 Å². The second-order valence-electron chi connectivity index (χ2n) is 17.4. The van der Waals surface area contributed by atoms with Crippen LogP contribution in [0.25, 0.3) is 22.4 Å². The first-order chi connectivity index (χ1) is 29.7. The van der Waals surface area contributed by atoms with Crippen LogP contribution in [0.4, 0.5) is 19.1 Å². The summed E-state index contributed by atoms with van der Waals surface area (Å²) in [5.41, 5.74) is 2.88. The van der Waals surface area contributed by atoms with Crippen molar-refractivity contribution >= 4 is 46.0 Å². The molecule has 1 atom stereocenters. The Morgan fingerprint density at radius 2 is 1.71 bits per heavy atom. The number of phenols is 1. The summed E-state index contributed by atoms with van der Waals surface area (Å²) in [4.78, 5) is 70.8. The van der Waals surface area contributed by atoms with E-state index in [0.29, 0.717) is 24.0 Å².